The lowest BCUT2D eigenvalue weighted by Gasteiger charge is -2.40. The standard InChI is InChI=1S/C32H29NO4P2/c1-36-26-23-24-32(37-2)31(25-26)33(38(34,27-15-7-3-8-16-27)28-17-9-4-10-18-28)39(35,29-19-11-5-12-20-29)30-21-13-6-14-22-30/h3-25H,1-2H3. The molecule has 0 amide bonds. The maximum absolute atomic E-state index is 16.0. The van der Waals surface area contributed by atoms with Gasteiger partial charge in [-0.3, -0.25) is 13.6 Å². The zero-order valence-corrected chi connectivity index (χ0v) is 23.5. The highest BCUT2D eigenvalue weighted by atomic mass is 31.2. The van der Waals surface area contributed by atoms with Crippen molar-refractivity contribution in [3.63, 3.8) is 0 Å². The lowest BCUT2D eigenvalue weighted by Crippen LogP contribution is -2.37. The van der Waals surface area contributed by atoms with E-state index in [1.54, 1.807) is 36.9 Å². The minimum absolute atomic E-state index is 0.406. The molecule has 5 aromatic rings. The maximum Gasteiger partial charge on any atom is 0.235 e. The van der Waals surface area contributed by atoms with E-state index >= 15 is 9.13 Å². The normalized spacial score (nSPS) is 11.5. The van der Waals surface area contributed by atoms with Crippen LogP contribution in [-0.4, -0.2) is 14.2 Å². The van der Waals surface area contributed by atoms with E-state index in [0.717, 1.165) is 0 Å². The molecule has 0 fully saturated rings. The van der Waals surface area contributed by atoms with E-state index < -0.39 is 14.6 Å². The van der Waals surface area contributed by atoms with Crippen molar-refractivity contribution in [2.24, 2.45) is 0 Å². The van der Waals surface area contributed by atoms with Crippen molar-refractivity contribution in [3.8, 4) is 11.5 Å². The summed E-state index contributed by atoms with van der Waals surface area (Å²) in [5.74, 6) is 0.950. The molecule has 39 heavy (non-hydrogen) atoms. The van der Waals surface area contributed by atoms with Gasteiger partial charge < -0.3 is 9.47 Å². The van der Waals surface area contributed by atoms with Crippen molar-refractivity contribution in [1.29, 1.82) is 0 Å². The predicted octanol–water partition coefficient (Wildman–Crippen LogP) is 6.37. The topological polar surface area (TPSA) is 55.8 Å². The van der Waals surface area contributed by atoms with Gasteiger partial charge >= 0.3 is 0 Å². The fourth-order valence-corrected chi connectivity index (χ4v) is 12.0. The Morgan fingerprint density at radius 3 is 1.15 bits per heavy atom. The Morgan fingerprint density at radius 2 is 0.846 bits per heavy atom. The summed E-state index contributed by atoms with van der Waals surface area (Å²) in [4.78, 5) is 0. The molecular formula is C32H29NO4P2. The van der Waals surface area contributed by atoms with Gasteiger partial charge in [-0.15, -0.1) is 0 Å². The number of anilines is 1. The quantitative estimate of drug-likeness (QED) is 0.199. The van der Waals surface area contributed by atoms with E-state index in [1.165, 1.54) is 0 Å². The average molecular weight is 554 g/mol. The predicted molar refractivity (Wildman–Crippen MR) is 162 cm³/mol. The Labute approximate surface area is 229 Å². The first kappa shape index (κ1) is 26.6. The van der Waals surface area contributed by atoms with Crippen molar-refractivity contribution in [2.75, 3.05) is 18.7 Å². The molecular weight excluding hydrogens is 524 g/mol. The molecule has 0 spiro atoms. The largest absolute Gasteiger partial charge is 0.497 e. The molecule has 0 radical (unpaired) electrons. The molecule has 0 bridgehead atoms. The first-order valence-corrected chi connectivity index (χ1v) is 15.8. The van der Waals surface area contributed by atoms with Gasteiger partial charge in [0.05, 0.1) is 19.9 Å². The number of methoxy groups -OCH3 is 2. The molecule has 0 N–H and O–H groups in total. The molecule has 0 unspecified atom stereocenters. The lowest BCUT2D eigenvalue weighted by atomic mass is 10.3. The molecule has 0 saturated heterocycles. The molecule has 5 nitrogen and oxygen atoms in total. The van der Waals surface area contributed by atoms with Crippen LogP contribution in [0.3, 0.4) is 0 Å². The molecule has 7 heteroatoms. The van der Waals surface area contributed by atoms with E-state index in [2.05, 4.69) is 0 Å². The van der Waals surface area contributed by atoms with E-state index in [-0.39, 0.29) is 0 Å². The summed E-state index contributed by atoms with van der Waals surface area (Å²) in [6.45, 7) is 0. The molecule has 5 aromatic carbocycles. The highest BCUT2D eigenvalue weighted by molar-refractivity contribution is 7.96. The van der Waals surface area contributed by atoms with Crippen LogP contribution in [0.1, 0.15) is 0 Å². The lowest BCUT2D eigenvalue weighted by molar-refractivity contribution is 0.404. The molecule has 0 aliphatic rings. The second-order valence-electron chi connectivity index (χ2n) is 8.82. The third-order valence-corrected chi connectivity index (χ3v) is 13.6. The first-order chi connectivity index (χ1) is 19.0. The summed E-state index contributed by atoms with van der Waals surface area (Å²) >= 11 is 0. The van der Waals surface area contributed by atoms with Gasteiger partial charge in [0.1, 0.15) is 11.5 Å². The third-order valence-electron chi connectivity index (χ3n) is 6.56. The number of nitrogens with zero attached hydrogens (tertiary/aromatic N) is 1. The summed E-state index contributed by atoms with van der Waals surface area (Å²) in [5.41, 5.74) is 0.406. The number of ether oxygens (including phenoxy) is 2. The molecule has 0 aliphatic carbocycles. The molecule has 0 heterocycles. The number of hydrogen-bond donors (Lipinski definition) is 0. The molecule has 0 atom stereocenters. The van der Waals surface area contributed by atoms with Crippen molar-refractivity contribution >= 4 is 41.5 Å². The van der Waals surface area contributed by atoms with Crippen molar-refractivity contribution < 1.29 is 18.6 Å². The number of rotatable bonds is 9. The number of benzene rings is 5. The summed E-state index contributed by atoms with van der Waals surface area (Å²) in [6.07, 6.45) is 0. The first-order valence-electron chi connectivity index (χ1n) is 12.5. The van der Waals surface area contributed by atoms with Crippen LogP contribution in [0.15, 0.2) is 140 Å². The second kappa shape index (κ2) is 11.4. The Bertz CT molecular complexity index is 1450. The van der Waals surface area contributed by atoms with Gasteiger partial charge in [0.2, 0.25) is 14.6 Å². The van der Waals surface area contributed by atoms with Gasteiger partial charge in [0, 0.05) is 27.3 Å². The van der Waals surface area contributed by atoms with Gasteiger partial charge in [0.15, 0.2) is 0 Å². The van der Waals surface area contributed by atoms with Crippen LogP contribution in [0, 0.1) is 0 Å². The van der Waals surface area contributed by atoms with Crippen LogP contribution < -0.4 is 35.1 Å². The van der Waals surface area contributed by atoms with Gasteiger partial charge in [0.25, 0.3) is 0 Å². The molecule has 196 valence electrons. The van der Waals surface area contributed by atoms with Crippen molar-refractivity contribution in [3.05, 3.63) is 140 Å². The molecule has 0 aliphatic heterocycles. The number of hydrogen-bond acceptors (Lipinski definition) is 4. The summed E-state index contributed by atoms with van der Waals surface area (Å²) in [6, 6.07) is 42.2. The van der Waals surface area contributed by atoms with Crippen molar-refractivity contribution in [2.45, 2.75) is 0 Å². The highest BCUT2D eigenvalue weighted by Crippen LogP contribution is 2.67. The highest BCUT2D eigenvalue weighted by Gasteiger charge is 2.48. The SMILES string of the molecule is COc1ccc(OC)c(N(P(=O)(c2ccccc2)c2ccccc2)P(=O)(c2ccccc2)c2ccccc2)c1. The van der Waals surface area contributed by atoms with E-state index in [9.17, 15) is 0 Å². The second-order valence-corrected chi connectivity index (χ2v) is 14.3. The summed E-state index contributed by atoms with van der Waals surface area (Å²) < 4.78 is 45.1. The van der Waals surface area contributed by atoms with Crippen LogP contribution in [0.4, 0.5) is 5.69 Å². The van der Waals surface area contributed by atoms with Crippen LogP contribution in [-0.2, 0) is 9.13 Å². The smallest absolute Gasteiger partial charge is 0.235 e. The Balaban J connectivity index is 1.99. The Morgan fingerprint density at radius 1 is 0.487 bits per heavy atom. The Hall–Kier alpha value is -4.04. The van der Waals surface area contributed by atoms with Crippen LogP contribution in [0.2, 0.25) is 0 Å². The Kier molecular flexibility index (Phi) is 7.74. The monoisotopic (exact) mass is 553 g/mol. The zero-order valence-electron chi connectivity index (χ0n) is 21.8. The van der Waals surface area contributed by atoms with Crippen molar-refractivity contribution in [1.82, 2.24) is 0 Å². The minimum Gasteiger partial charge on any atom is -0.497 e. The van der Waals surface area contributed by atoms with Crippen LogP contribution >= 0.6 is 14.6 Å². The average Bonchev–Trinajstić information content (AvgIpc) is 3.02. The molecule has 5 rings (SSSR count). The van der Waals surface area contributed by atoms with E-state index in [4.69, 9.17) is 9.47 Å². The van der Waals surface area contributed by atoms with E-state index in [0.29, 0.717) is 38.4 Å². The third kappa shape index (κ3) is 4.81. The molecule has 0 aromatic heterocycles. The van der Waals surface area contributed by atoms with E-state index in [1.807, 2.05) is 121 Å². The summed E-state index contributed by atoms with van der Waals surface area (Å²) in [7, 11) is -4.57. The van der Waals surface area contributed by atoms with Crippen LogP contribution in [0.5, 0.6) is 11.5 Å². The molecule has 0 saturated carbocycles. The van der Waals surface area contributed by atoms with Gasteiger partial charge in [-0.05, 0) is 60.7 Å². The van der Waals surface area contributed by atoms with Crippen LogP contribution in [0.25, 0.3) is 0 Å². The fourth-order valence-electron chi connectivity index (χ4n) is 4.69. The van der Waals surface area contributed by atoms with Gasteiger partial charge in [-0.25, -0.2) is 0 Å². The van der Waals surface area contributed by atoms with Gasteiger partial charge in [-0.2, -0.15) is 0 Å². The van der Waals surface area contributed by atoms with Gasteiger partial charge in [-0.1, -0.05) is 72.8 Å². The maximum atomic E-state index is 16.0. The zero-order chi connectivity index (χ0) is 27.3. The minimum atomic E-state index is -3.84. The fraction of sp³-hybridized carbons (Fsp3) is 0.0625. The summed E-state index contributed by atoms with van der Waals surface area (Å²) in [5, 5.41) is 2.20.